The summed E-state index contributed by atoms with van der Waals surface area (Å²) in [5.74, 6) is 0. The molecule has 0 saturated heterocycles. The molecule has 5 aromatic heterocycles. The Bertz CT molecular complexity index is 3850. The van der Waals surface area contributed by atoms with Gasteiger partial charge in [-0.2, -0.15) is 0 Å². The Kier molecular flexibility index (Phi) is 11.8. The fraction of sp³-hybridized carbons (Fsp3) is 0.178. The van der Waals surface area contributed by atoms with Crippen molar-refractivity contribution >= 4 is 0 Å². The van der Waals surface area contributed by atoms with Crippen LogP contribution >= 0.6 is 0 Å². The molecule has 0 saturated carbocycles. The van der Waals surface area contributed by atoms with E-state index in [4.69, 9.17) is 0 Å². The molecular formula is C73H68N6. The Labute approximate surface area is 464 Å². The fourth-order valence-corrected chi connectivity index (χ4v) is 13.5. The van der Waals surface area contributed by atoms with Crippen LogP contribution in [0.15, 0.2) is 266 Å². The minimum atomic E-state index is -0.755. The second kappa shape index (κ2) is 18.9. The summed E-state index contributed by atoms with van der Waals surface area (Å²) in [6, 6.07) is 89.0. The number of hydrogen-bond acceptors (Lipinski definition) is 1. The van der Waals surface area contributed by atoms with Gasteiger partial charge >= 0.3 is 0 Å². The predicted octanol–water partition coefficient (Wildman–Crippen LogP) is 15.8. The first kappa shape index (κ1) is 49.6. The van der Waals surface area contributed by atoms with Crippen LogP contribution in [-0.2, 0) is 32.5 Å². The topological polar surface area (TPSA) is 91.0 Å². The summed E-state index contributed by atoms with van der Waals surface area (Å²) >= 11 is 0. The molecule has 14 rings (SSSR count). The van der Waals surface area contributed by atoms with Gasteiger partial charge in [-0.05, 0) is 133 Å². The number of allylic oxidation sites excluding steroid dienone is 3. The third-order valence-electron chi connectivity index (χ3n) is 18.2. The Hall–Kier alpha value is -9.00. The number of fused-ring (bicyclic) bond motifs is 2. The van der Waals surface area contributed by atoms with Crippen molar-refractivity contribution in [2.45, 2.75) is 74.0 Å². The van der Waals surface area contributed by atoms with E-state index in [2.05, 4.69) is 327 Å². The molecule has 390 valence electrons. The zero-order valence-corrected chi connectivity index (χ0v) is 46.0. The molecule has 3 aliphatic heterocycles. The van der Waals surface area contributed by atoms with Gasteiger partial charge in [0.1, 0.15) is 10.8 Å². The smallest absolute Gasteiger partial charge is 0.100 e. The summed E-state index contributed by atoms with van der Waals surface area (Å²) in [6.45, 7) is 14.7. The van der Waals surface area contributed by atoms with Gasteiger partial charge in [0.15, 0.2) is 0 Å². The molecule has 0 amide bonds. The third-order valence-corrected chi connectivity index (χ3v) is 18.2. The Morgan fingerprint density at radius 2 is 0.468 bits per heavy atom. The quantitative estimate of drug-likeness (QED) is 0.0984. The first-order valence-corrected chi connectivity index (χ1v) is 27.9. The Morgan fingerprint density at radius 1 is 0.241 bits per heavy atom. The lowest BCUT2D eigenvalue weighted by Gasteiger charge is -2.40. The van der Waals surface area contributed by atoms with Gasteiger partial charge in [-0.25, -0.2) is 0 Å². The fourth-order valence-electron chi connectivity index (χ4n) is 13.5. The first-order chi connectivity index (χ1) is 38.4. The summed E-state index contributed by atoms with van der Waals surface area (Å²) in [7, 11) is 0. The molecule has 6 N–H and O–H groups in total. The highest BCUT2D eigenvalue weighted by molar-refractivity contribution is 5.63. The molecule has 11 aromatic rings. The summed E-state index contributed by atoms with van der Waals surface area (Å²) in [6.07, 6.45) is 4.72. The monoisotopic (exact) mass is 1030 g/mol. The highest BCUT2D eigenvalue weighted by Gasteiger charge is 2.47. The van der Waals surface area contributed by atoms with Crippen molar-refractivity contribution in [1.29, 1.82) is 0 Å². The van der Waals surface area contributed by atoms with Crippen LogP contribution in [0.5, 0.6) is 0 Å². The summed E-state index contributed by atoms with van der Waals surface area (Å²) < 4.78 is 0. The molecule has 0 fully saturated rings. The Balaban J connectivity index is 1.09. The van der Waals surface area contributed by atoms with Gasteiger partial charge in [0.2, 0.25) is 0 Å². The normalized spacial score (nSPS) is 17.5. The number of H-pyrrole nitrogens is 5. The van der Waals surface area contributed by atoms with Crippen LogP contribution in [-0.4, -0.2) is 31.5 Å². The van der Waals surface area contributed by atoms with Crippen LogP contribution in [0.4, 0.5) is 0 Å². The molecule has 8 heterocycles. The van der Waals surface area contributed by atoms with Crippen LogP contribution in [0, 0.1) is 0 Å². The molecular weight excluding hydrogens is 961 g/mol. The first-order valence-electron chi connectivity index (χ1n) is 27.9. The number of aromatic nitrogens is 5. The van der Waals surface area contributed by atoms with Crippen LogP contribution in [0.1, 0.15) is 132 Å². The summed E-state index contributed by atoms with van der Waals surface area (Å²) in [5, 5.41) is 4.10. The average molecular weight is 1030 g/mol. The number of dihydropyridines is 1. The molecule has 6 heteroatoms. The van der Waals surface area contributed by atoms with Crippen LogP contribution in [0.25, 0.3) is 0 Å². The lowest BCUT2D eigenvalue weighted by molar-refractivity contribution is 0.545. The molecule has 0 unspecified atom stereocenters. The lowest BCUT2D eigenvalue weighted by Crippen LogP contribution is -2.42. The predicted molar refractivity (Wildman–Crippen MR) is 322 cm³/mol. The van der Waals surface area contributed by atoms with E-state index < -0.39 is 27.1 Å². The lowest BCUT2D eigenvalue weighted by atomic mass is 9.68. The van der Waals surface area contributed by atoms with E-state index in [0.717, 1.165) is 73.8 Å². The van der Waals surface area contributed by atoms with Gasteiger partial charge in [-0.3, -0.25) is 0 Å². The van der Waals surface area contributed by atoms with Crippen molar-refractivity contribution in [1.82, 2.24) is 30.2 Å². The van der Waals surface area contributed by atoms with Crippen molar-refractivity contribution in [3.05, 3.63) is 356 Å². The van der Waals surface area contributed by atoms with E-state index in [1.165, 1.54) is 27.8 Å². The van der Waals surface area contributed by atoms with E-state index in [1.807, 2.05) is 0 Å². The zero-order chi connectivity index (χ0) is 54.0. The summed E-state index contributed by atoms with van der Waals surface area (Å²) in [4.78, 5) is 20.7. The maximum absolute atomic E-state index is 4.15. The Morgan fingerprint density at radius 3 is 0.722 bits per heavy atom. The van der Waals surface area contributed by atoms with Crippen LogP contribution < -0.4 is 5.32 Å². The van der Waals surface area contributed by atoms with Crippen molar-refractivity contribution < 1.29 is 0 Å². The van der Waals surface area contributed by atoms with Gasteiger partial charge in [-0.15, -0.1) is 0 Å². The van der Waals surface area contributed by atoms with Crippen LogP contribution in [0.2, 0.25) is 0 Å². The number of rotatable bonds is 6. The summed E-state index contributed by atoms with van der Waals surface area (Å²) in [5.41, 5.74) is 16.8. The van der Waals surface area contributed by atoms with E-state index in [-0.39, 0.29) is 5.41 Å². The van der Waals surface area contributed by atoms with Crippen LogP contribution in [0.3, 0.4) is 0 Å². The van der Waals surface area contributed by atoms with E-state index in [0.29, 0.717) is 6.54 Å². The van der Waals surface area contributed by atoms with E-state index in [1.54, 1.807) is 0 Å². The maximum atomic E-state index is 4.15. The molecule has 0 radical (unpaired) electrons. The third kappa shape index (κ3) is 7.59. The molecule has 3 aliphatic rings. The number of benzene rings is 6. The number of aromatic amines is 5. The van der Waals surface area contributed by atoms with Crippen molar-refractivity contribution in [3.63, 3.8) is 0 Å². The molecule has 0 atom stereocenters. The van der Waals surface area contributed by atoms with Gasteiger partial charge < -0.3 is 30.2 Å². The highest BCUT2D eigenvalue weighted by Crippen LogP contribution is 2.51. The minimum absolute atomic E-state index is 0.387. The maximum Gasteiger partial charge on any atom is 0.100 e. The van der Waals surface area contributed by atoms with Gasteiger partial charge in [0, 0.05) is 85.4 Å². The molecule has 79 heavy (non-hydrogen) atoms. The number of hydrogen-bond donors (Lipinski definition) is 6. The van der Waals surface area contributed by atoms with Crippen molar-refractivity contribution in [2.75, 3.05) is 6.54 Å². The standard InChI is InChI=1S/C73H68N6/c1-68(2)56-37-38-62(74-49-56)71(50-25-13-7-14-26-50,51-27-15-8-16-28-51)63-45-40-58(76-63)69(3,4)59-42-47-66(78-59)73(54-33-21-11-22-34-54,55-35-23-12-24-36-55)67-48-43-61(79-67)70(5,6)60-41-46-65(77-60)72(52-29-17-9-18-30-52,53-31-19-10-20-32-53)64-44-39-57(68)75-64/h7-48,74-79H,49H2,1-6H3. The van der Waals surface area contributed by atoms with Gasteiger partial charge in [0.05, 0.1) is 5.41 Å². The largest absolute Gasteiger partial charge is 0.383 e. The molecule has 6 aromatic carbocycles. The van der Waals surface area contributed by atoms with Gasteiger partial charge in [-0.1, -0.05) is 202 Å². The van der Waals surface area contributed by atoms with E-state index >= 15 is 0 Å². The molecule has 0 aliphatic carbocycles. The average Bonchev–Trinajstić information content (AvgIpc) is 4.58. The minimum Gasteiger partial charge on any atom is -0.383 e. The molecule has 0 spiro atoms. The molecule has 12 bridgehead atoms. The second-order valence-corrected chi connectivity index (χ2v) is 23.4. The SMILES string of the molecule is CC1(C)C2=CC=C(NC2)C(c2ccccc2)(c2ccccc2)c2ccc([nH]2)C(C)(C)c2ccc([nH]2)C(c2ccccc2)(c2ccccc2)c2ccc([nH]2)C(C)(C)c2ccc([nH]2)C(c2ccccc2)(c2ccccc2)c2ccc1[nH]2. The molecule has 6 nitrogen and oxygen atoms in total. The van der Waals surface area contributed by atoms with Gasteiger partial charge in [0.25, 0.3) is 0 Å². The highest BCUT2D eigenvalue weighted by atomic mass is 14.9. The number of nitrogens with one attached hydrogen (secondary N) is 6. The van der Waals surface area contributed by atoms with E-state index in [9.17, 15) is 0 Å². The van der Waals surface area contributed by atoms with Crippen molar-refractivity contribution in [3.8, 4) is 0 Å². The zero-order valence-electron chi connectivity index (χ0n) is 46.0. The van der Waals surface area contributed by atoms with Crippen molar-refractivity contribution in [2.24, 2.45) is 0 Å². The second-order valence-electron chi connectivity index (χ2n) is 23.4.